The summed E-state index contributed by atoms with van der Waals surface area (Å²) < 4.78 is 35.2. The Morgan fingerprint density at radius 3 is 1.20 bits per heavy atom. The minimum Gasteiger partial charge on any atom is -0.469 e. The monoisotopic (exact) mass is 961 g/mol. The number of ether oxygens (including phenoxy) is 5. The van der Waals surface area contributed by atoms with E-state index in [9.17, 15) is 14.4 Å². The number of carbonyl (C=O) groups is 3. The lowest BCUT2D eigenvalue weighted by Gasteiger charge is -2.41. The van der Waals surface area contributed by atoms with Crippen molar-refractivity contribution in [2.45, 2.75) is 250 Å². The number of hydrogen-bond donors (Lipinski definition) is 0. The van der Waals surface area contributed by atoms with E-state index in [0.29, 0.717) is 25.4 Å². The van der Waals surface area contributed by atoms with Crippen molar-refractivity contribution in [3.05, 3.63) is 12.7 Å². The molecule has 0 spiro atoms. The molecule has 66 heavy (non-hydrogen) atoms. The molecule has 0 aromatic rings. The highest BCUT2D eigenvalue weighted by Gasteiger charge is 2.37. The van der Waals surface area contributed by atoms with Crippen molar-refractivity contribution in [1.29, 1.82) is 0 Å². The van der Waals surface area contributed by atoms with Gasteiger partial charge in [-0.05, 0) is 197 Å². The molecule has 382 valence electrons. The van der Waals surface area contributed by atoms with E-state index >= 15 is 0 Å². The molecular weight excluding hydrogens is 861 g/mol. The van der Waals surface area contributed by atoms with Gasteiger partial charge in [-0.15, -0.1) is 0 Å². The summed E-state index contributed by atoms with van der Waals surface area (Å²) in [6.07, 6.45) is 38.5. The van der Waals surface area contributed by atoms with E-state index in [0.717, 1.165) is 127 Å². The van der Waals surface area contributed by atoms with Crippen LogP contribution in [0.15, 0.2) is 12.7 Å². The second-order valence-corrected chi connectivity index (χ2v) is 31.4. The molecule has 4 aliphatic carbocycles. The third kappa shape index (κ3) is 23.4. The zero-order valence-electron chi connectivity index (χ0n) is 43.2. The van der Waals surface area contributed by atoms with Crippen molar-refractivity contribution in [3.8, 4) is 0 Å². The first-order chi connectivity index (χ1) is 31.9. The molecule has 0 atom stereocenters. The number of methoxy groups -OCH3 is 1. The van der Waals surface area contributed by atoms with Crippen LogP contribution in [0.1, 0.15) is 199 Å². The Morgan fingerprint density at radius 2 is 0.773 bits per heavy atom. The molecule has 11 heteroatoms. The van der Waals surface area contributed by atoms with Crippen LogP contribution < -0.4 is 0 Å². The molecule has 0 bridgehead atoms. The third-order valence-corrected chi connectivity index (χ3v) is 23.8. The van der Waals surface area contributed by atoms with Crippen molar-refractivity contribution in [1.82, 2.24) is 0 Å². The van der Waals surface area contributed by atoms with Crippen molar-refractivity contribution in [2.75, 3.05) is 33.5 Å². The van der Waals surface area contributed by atoms with Gasteiger partial charge in [0.2, 0.25) is 0 Å². The number of esters is 3. The zero-order chi connectivity index (χ0) is 47.5. The highest BCUT2D eigenvalue weighted by molar-refractivity contribution is 6.84. The zero-order valence-corrected chi connectivity index (χ0v) is 45.2. The van der Waals surface area contributed by atoms with Crippen molar-refractivity contribution in [3.63, 3.8) is 0 Å². The topological polar surface area (TPSA) is 107 Å². The van der Waals surface area contributed by atoms with Gasteiger partial charge in [-0.3, -0.25) is 9.59 Å². The smallest absolute Gasteiger partial charge is 0.330 e. The number of unbranched alkanes of at least 4 members (excludes halogenated alkanes) is 12. The second-order valence-electron chi connectivity index (χ2n) is 22.5. The lowest BCUT2D eigenvalue weighted by Crippen LogP contribution is -2.44. The predicted molar refractivity (Wildman–Crippen MR) is 273 cm³/mol. The molecule has 0 saturated heterocycles. The second kappa shape index (κ2) is 32.4. The number of carbonyl (C=O) groups excluding carboxylic acids is 3. The standard InChI is InChI=1S/C55H100O9Si2/c1-7-53(56)62-41-18-15-14-17-39-60-51-35-37-52(38-36-51)61-40-20-22-44-66(5,6)64-65(3,4)43-21-16-12-10-8-9-11-13-19-42-63-55(58)50-33-29-48(30-34-50)46-25-23-45(24-26-46)47-27-31-49(32-28-47)54(57)59-2/h7,45-52H,1,8-44H2,2-6H3. The molecule has 0 N–H and O–H groups in total. The van der Waals surface area contributed by atoms with Gasteiger partial charge in [-0.1, -0.05) is 70.8 Å². The Bertz CT molecular complexity index is 1330. The molecule has 4 saturated carbocycles. The van der Waals surface area contributed by atoms with Crippen molar-refractivity contribution >= 4 is 34.5 Å². The van der Waals surface area contributed by atoms with Crippen LogP contribution in [0.25, 0.3) is 0 Å². The largest absolute Gasteiger partial charge is 0.469 e. The first-order valence-corrected chi connectivity index (χ1v) is 34.1. The lowest BCUT2D eigenvalue weighted by atomic mass is 9.65. The summed E-state index contributed by atoms with van der Waals surface area (Å²) in [6, 6.07) is 2.50. The van der Waals surface area contributed by atoms with Gasteiger partial charge in [0.25, 0.3) is 0 Å². The number of hydrogen-bond acceptors (Lipinski definition) is 9. The number of rotatable bonds is 33. The van der Waals surface area contributed by atoms with E-state index in [1.165, 1.54) is 134 Å². The highest BCUT2D eigenvalue weighted by atomic mass is 28.4. The molecule has 0 aliphatic heterocycles. The summed E-state index contributed by atoms with van der Waals surface area (Å²) in [7, 11) is -1.80. The predicted octanol–water partition coefficient (Wildman–Crippen LogP) is 14.5. The van der Waals surface area contributed by atoms with Crippen LogP contribution in [0.3, 0.4) is 0 Å². The van der Waals surface area contributed by atoms with Gasteiger partial charge in [0.1, 0.15) is 0 Å². The van der Waals surface area contributed by atoms with E-state index in [1.54, 1.807) is 0 Å². The molecule has 0 aromatic carbocycles. The molecule has 0 amide bonds. The van der Waals surface area contributed by atoms with Gasteiger partial charge in [0.05, 0.1) is 44.4 Å². The van der Waals surface area contributed by atoms with E-state index in [2.05, 4.69) is 32.8 Å². The fourth-order valence-corrected chi connectivity index (χ4v) is 21.2. The summed E-state index contributed by atoms with van der Waals surface area (Å²) >= 11 is 0. The molecule has 0 heterocycles. The van der Waals surface area contributed by atoms with Gasteiger partial charge in [0.15, 0.2) is 16.6 Å². The Morgan fingerprint density at radius 1 is 0.439 bits per heavy atom. The van der Waals surface area contributed by atoms with Crippen LogP contribution in [-0.2, 0) is 42.2 Å². The first-order valence-electron chi connectivity index (χ1n) is 27.8. The molecule has 4 aliphatic rings. The van der Waals surface area contributed by atoms with Gasteiger partial charge < -0.3 is 27.8 Å². The van der Waals surface area contributed by atoms with Gasteiger partial charge in [-0.2, -0.15) is 0 Å². The molecule has 0 aromatic heterocycles. The van der Waals surface area contributed by atoms with Crippen molar-refractivity contribution in [2.24, 2.45) is 35.5 Å². The molecule has 0 unspecified atom stereocenters. The maximum atomic E-state index is 12.9. The summed E-state index contributed by atoms with van der Waals surface area (Å²) in [5, 5.41) is 0. The van der Waals surface area contributed by atoms with Crippen LogP contribution in [0, 0.1) is 35.5 Å². The Hall–Kier alpha value is -1.54. The van der Waals surface area contributed by atoms with Crippen LogP contribution in [0.4, 0.5) is 0 Å². The van der Waals surface area contributed by atoms with E-state index < -0.39 is 16.6 Å². The molecule has 4 fully saturated rings. The maximum absolute atomic E-state index is 12.9. The van der Waals surface area contributed by atoms with Crippen LogP contribution in [-0.4, -0.2) is 80.3 Å². The maximum Gasteiger partial charge on any atom is 0.330 e. The molecule has 0 radical (unpaired) electrons. The van der Waals surface area contributed by atoms with Gasteiger partial charge >= 0.3 is 17.9 Å². The quantitative estimate of drug-likeness (QED) is 0.0209. The molecule has 4 rings (SSSR count). The third-order valence-electron chi connectivity index (χ3n) is 16.2. The summed E-state index contributed by atoms with van der Waals surface area (Å²) in [6.45, 7) is 15.9. The minimum atomic E-state index is -1.67. The van der Waals surface area contributed by atoms with Crippen LogP contribution in [0.2, 0.25) is 38.3 Å². The highest BCUT2D eigenvalue weighted by Crippen LogP contribution is 2.46. The lowest BCUT2D eigenvalue weighted by molar-refractivity contribution is -0.150. The fraction of sp³-hybridized carbons (Fsp3) is 0.909. The van der Waals surface area contributed by atoms with E-state index in [-0.39, 0.29) is 29.7 Å². The minimum absolute atomic E-state index is 0.00501. The first kappa shape index (κ1) is 57.0. The summed E-state index contributed by atoms with van der Waals surface area (Å²) in [4.78, 5) is 35.9. The SMILES string of the molecule is C=CC(=O)OCCCCCCOC1CCC(OCCCC[Si](C)(C)O[Si](C)(C)CCCCCCCCCCCOC(=O)C2CCC(C3CCC(C4CCC(C(=O)OC)CC4)CC3)CC2)CC1. The van der Waals surface area contributed by atoms with Crippen LogP contribution in [0.5, 0.6) is 0 Å². The Labute approximate surface area is 406 Å². The molecular formula is C55H100O9Si2. The van der Waals surface area contributed by atoms with E-state index in [4.69, 9.17) is 27.8 Å². The Balaban J connectivity index is 0.886. The summed E-state index contributed by atoms with van der Waals surface area (Å²) in [5.74, 6) is 3.29. The average Bonchev–Trinajstić information content (AvgIpc) is 3.32. The average molecular weight is 962 g/mol. The fourth-order valence-electron chi connectivity index (χ4n) is 12.2. The van der Waals surface area contributed by atoms with Gasteiger partial charge in [-0.25, -0.2) is 4.79 Å². The van der Waals surface area contributed by atoms with Crippen molar-refractivity contribution < 1.29 is 42.2 Å². The Kier molecular flexibility index (Phi) is 28.0. The molecule has 9 nitrogen and oxygen atoms in total. The van der Waals surface area contributed by atoms with Gasteiger partial charge in [0, 0.05) is 19.3 Å². The van der Waals surface area contributed by atoms with E-state index in [1.807, 2.05) is 0 Å². The normalized spacial score (nSPS) is 26.4. The van der Waals surface area contributed by atoms with Crippen LogP contribution >= 0.6 is 0 Å². The summed E-state index contributed by atoms with van der Waals surface area (Å²) in [5.41, 5.74) is 0.